The van der Waals surface area contributed by atoms with Gasteiger partial charge in [0.25, 0.3) is 0 Å². The fourth-order valence-electron chi connectivity index (χ4n) is 4.52. The van der Waals surface area contributed by atoms with Gasteiger partial charge in [0.05, 0.1) is 11.7 Å². The van der Waals surface area contributed by atoms with E-state index >= 15 is 0 Å². The highest BCUT2D eigenvalue weighted by Crippen LogP contribution is 2.35. The summed E-state index contributed by atoms with van der Waals surface area (Å²) in [5.74, 6) is 0.843. The minimum Gasteiger partial charge on any atom is -0.368 e. The summed E-state index contributed by atoms with van der Waals surface area (Å²) in [6.07, 6.45) is 7.38. The number of hydrogen-bond acceptors (Lipinski definition) is 3. The summed E-state index contributed by atoms with van der Waals surface area (Å²) in [6, 6.07) is 10.2. The molecular weight excluding hydrogens is 352 g/mol. The fourth-order valence-corrected chi connectivity index (χ4v) is 4.52. The lowest BCUT2D eigenvalue weighted by molar-refractivity contribution is -0.0136. The number of carbonyl (C=O) groups is 1. The number of imidazole rings is 1. The van der Waals surface area contributed by atoms with Crippen molar-refractivity contribution < 1.29 is 9.53 Å². The first-order chi connectivity index (χ1) is 13.7. The fraction of sp³-hybridized carbons (Fsp3) is 0.364. The Kier molecular flexibility index (Phi) is 4.28. The molecule has 0 spiro atoms. The number of aryl methyl sites for hydroxylation is 3. The average Bonchev–Trinajstić information content (AvgIpc) is 3.32. The summed E-state index contributed by atoms with van der Waals surface area (Å²) in [4.78, 5) is 17.2. The van der Waals surface area contributed by atoms with Gasteiger partial charge in [-0.15, -0.1) is 0 Å². The molecule has 2 atom stereocenters. The van der Waals surface area contributed by atoms with E-state index in [2.05, 4.69) is 39.9 Å². The van der Waals surface area contributed by atoms with Gasteiger partial charge in [0.1, 0.15) is 11.9 Å². The maximum absolute atomic E-state index is 12.8. The maximum Gasteiger partial charge on any atom is 0.319 e. The van der Waals surface area contributed by atoms with Gasteiger partial charge in [-0.2, -0.15) is 0 Å². The Morgan fingerprint density at radius 2 is 2.07 bits per heavy atom. The van der Waals surface area contributed by atoms with Gasteiger partial charge >= 0.3 is 6.03 Å². The predicted octanol–water partition coefficient (Wildman–Crippen LogP) is 3.71. The molecule has 2 aromatic carbocycles. The van der Waals surface area contributed by atoms with Crippen LogP contribution in [0.5, 0.6) is 0 Å². The lowest BCUT2D eigenvalue weighted by atomic mass is 10.0. The van der Waals surface area contributed by atoms with Crippen molar-refractivity contribution in [3.05, 3.63) is 59.7 Å². The number of hydrogen-bond donors (Lipinski definition) is 2. The molecule has 0 bridgehead atoms. The van der Waals surface area contributed by atoms with E-state index in [0.29, 0.717) is 6.61 Å². The van der Waals surface area contributed by atoms with Crippen LogP contribution in [-0.4, -0.2) is 28.2 Å². The molecule has 1 aliphatic carbocycles. The van der Waals surface area contributed by atoms with Gasteiger partial charge in [-0.05, 0) is 48.3 Å². The van der Waals surface area contributed by atoms with Gasteiger partial charge in [0, 0.05) is 31.4 Å². The van der Waals surface area contributed by atoms with Crippen LogP contribution < -0.4 is 10.6 Å². The van der Waals surface area contributed by atoms with E-state index in [1.54, 1.807) is 6.20 Å². The molecule has 1 aliphatic heterocycles. The minimum absolute atomic E-state index is 0.105. The first-order valence-corrected chi connectivity index (χ1v) is 9.90. The molecule has 144 valence electrons. The highest BCUT2D eigenvalue weighted by Gasteiger charge is 2.31. The molecule has 28 heavy (non-hydrogen) atoms. The number of rotatable bonds is 3. The van der Waals surface area contributed by atoms with E-state index in [4.69, 9.17) is 4.74 Å². The number of benzene rings is 2. The largest absolute Gasteiger partial charge is 0.368 e. The molecule has 2 aliphatic rings. The number of anilines is 1. The van der Waals surface area contributed by atoms with Gasteiger partial charge in [-0.1, -0.05) is 24.3 Å². The maximum atomic E-state index is 12.8. The van der Waals surface area contributed by atoms with Crippen LogP contribution in [0.25, 0.3) is 10.8 Å². The summed E-state index contributed by atoms with van der Waals surface area (Å²) in [5.41, 5.74) is 3.59. The summed E-state index contributed by atoms with van der Waals surface area (Å²) >= 11 is 0. The average molecular weight is 376 g/mol. The topological polar surface area (TPSA) is 68.2 Å². The zero-order valence-corrected chi connectivity index (χ0v) is 15.9. The standard InChI is InChI=1S/C22H24N4O2/c1-26-12-11-23-21(26)20-18(6-3-13-28-20)25-22(27)24-17-10-9-15-8-7-14-4-2-5-16(17)19(14)15/h2,4-5,9-12,18,20H,3,6-8,13H2,1H3,(H2,24,25,27)/t18-,20-/m0/s1. The van der Waals surface area contributed by atoms with Crippen molar-refractivity contribution in [3.8, 4) is 0 Å². The Labute approximate surface area is 163 Å². The normalized spacial score (nSPS) is 21.0. The molecule has 1 aromatic heterocycles. The van der Waals surface area contributed by atoms with Gasteiger partial charge in [0.2, 0.25) is 0 Å². The molecular formula is C22H24N4O2. The Balaban J connectivity index is 1.36. The van der Waals surface area contributed by atoms with Crippen molar-refractivity contribution in [1.82, 2.24) is 14.9 Å². The number of aromatic nitrogens is 2. The Morgan fingerprint density at radius 1 is 1.21 bits per heavy atom. The number of nitrogens with zero attached hydrogens (tertiary/aromatic N) is 2. The third kappa shape index (κ3) is 2.94. The Bertz CT molecular complexity index is 1030. The van der Waals surface area contributed by atoms with Crippen molar-refractivity contribution >= 4 is 22.5 Å². The van der Waals surface area contributed by atoms with E-state index in [-0.39, 0.29) is 18.2 Å². The highest BCUT2D eigenvalue weighted by molar-refractivity contribution is 6.04. The molecule has 0 saturated carbocycles. The third-order valence-corrected chi connectivity index (χ3v) is 5.88. The highest BCUT2D eigenvalue weighted by atomic mass is 16.5. The van der Waals surface area contributed by atoms with Crippen LogP contribution in [0.15, 0.2) is 42.7 Å². The zero-order chi connectivity index (χ0) is 19.1. The van der Waals surface area contributed by atoms with Crippen LogP contribution in [0.2, 0.25) is 0 Å². The molecule has 1 fully saturated rings. The number of nitrogens with one attached hydrogen (secondary N) is 2. The number of urea groups is 1. The first-order valence-electron chi connectivity index (χ1n) is 9.90. The van der Waals surface area contributed by atoms with Gasteiger partial charge < -0.3 is 19.9 Å². The molecule has 6 nitrogen and oxygen atoms in total. The Morgan fingerprint density at radius 3 is 2.89 bits per heavy atom. The molecule has 6 heteroatoms. The lowest BCUT2D eigenvalue weighted by Crippen LogP contribution is -2.45. The summed E-state index contributed by atoms with van der Waals surface area (Å²) < 4.78 is 7.90. The molecule has 2 heterocycles. The zero-order valence-electron chi connectivity index (χ0n) is 15.9. The molecule has 3 aromatic rings. The SMILES string of the molecule is Cn1ccnc1[C@H]1OCCC[C@@H]1NC(=O)Nc1ccc2c3c(cccc13)CC2. The van der Waals surface area contributed by atoms with Crippen LogP contribution >= 0.6 is 0 Å². The van der Waals surface area contributed by atoms with Crippen LogP contribution in [0, 0.1) is 0 Å². The van der Waals surface area contributed by atoms with Crippen molar-refractivity contribution in [1.29, 1.82) is 0 Å². The molecule has 1 saturated heterocycles. The summed E-state index contributed by atoms with van der Waals surface area (Å²) in [6.45, 7) is 0.687. The third-order valence-electron chi connectivity index (χ3n) is 5.88. The lowest BCUT2D eigenvalue weighted by Gasteiger charge is -2.32. The predicted molar refractivity (Wildman–Crippen MR) is 108 cm³/mol. The number of carbonyl (C=O) groups excluding carboxylic acids is 1. The summed E-state index contributed by atoms with van der Waals surface area (Å²) in [7, 11) is 1.95. The number of ether oxygens (including phenoxy) is 1. The van der Waals surface area contributed by atoms with Crippen molar-refractivity contribution in [2.24, 2.45) is 7.05 Å². The monoisotopic (exact) mass is 376 g/mol. The molecule has 2 N–H and O–H groups in total. The second-order valence-electron chi connectivity index (χ2n) is 7.65. The van der Waals surface area contributed by atoms with Gasteiger partial charge in [0.15, 0.2) is 0 Å². The van der Waals surface area contributed by atoms with E-state index in [1.807, 2.05) is 23.9 Å². The van der Waals surface area contributed by atoms with E-state index in [1.165, 1.54) is 16.5 Å². The molecule has 0 radical (unpaired) electrons. The number of amides is 2. The Hall–Kier alpha value is -2.86. The second kappa shape index (κ2) is 6.95. The van der Waals surface area contributed by atoms with E-state index in [9.17, 15) is 4.79 Å². The van der Waals surface area contributed by atoms with Crippen LogP contribution in [0.3, 0.4) is 0 Å². The minimum atomic E-state index is -0.229. The van der Waals surface area contributed by atoms with Gasteiger partial charge in [-0.3, -0.25) is 0 Å². The summed E-state index contributed by atoms with van der Waals surface area (Å²) in [5, 5.41) is 8.59. The smallest absolute Gasteiger partial charge is 0.319 e. The second-order valence-corrected chi connectivity index (χ2v) is 7.65. The van der Waals surface area contributed by atoms with E-state index in [0.717, 1.165) is 42.6 Å². The van der Waals surface area contributed by atoms with Crippen LogP contribution in [0.1, 0.15) is 35.9 Å². The molecule has 2 amide bonds. The van der Waals surface area contributed by atoms with Crippen molar-refractivity contribution in [2.75, 3.05) is 11.9 Å². The first kappa shape index (κ1) is 17.3. The van der Waals surface area contributed by atoms with Crippen LogP contribution in [-0.2, 0) is 24.6 Å². The quantitative estimate of drug-likeness (QED) is 0.732. The van der Waals surface area contributed by atoms with Crippen molar-refractivity contribution in [2.45, 2.75) is 37.8 Å². The van der Waals surface area contributed by atoms with Gasteiger partial charge in [-0.25, -0.2) is 9.78 Å². The van der Waals surface area contributed by atoms with Crippen LogP contribution in [0.4, 0.5) is 10.5 Å². The molecule has 5 rings (SSSR count). The van der Waals surface area contributed by atoms with E-state index < -0.39 is 0 Å². The molecule has 0 unspecified atom stereocenters. The van der Waals surface area contributed by atoms with Crippen molar-refractivity contribution in [3.63, 3.8) is 0 Å².